The van der Waals surface area contributed by atoms with E-state index in [0.29, 0.717) is 0 Å². The molecule has 20 heavy (non-hydrogen) atoms. The van der Waals surface area contributed by atoms with Crippen molar-refractivity contribution in [2.24, 2.45) is 0 Å². The van der Waals surface area contributed by atoms with Gasteiger partial charge in [0.25, 0.3) is 0 Å². The summed E-state index contributed by atoms with van der Waals surface area (Å²) in [6, 6.07) is 2.29. The van der Waals surface area contributed by atoms with Crippen LogP contribution in [0.4, 0.5) is 8.78 Å². The smallest absolute Gasteiger partial charge is 0.399 e. The SMILES string of the molecule is CC(O)c1c(F)cc(B2OC(C)(C)C(C)(C)O2)cc1F. The summed E-state index contributed by atoms with van der Waals surface area (Å²) in [6.45, 7) is 8.78. The lowest BCUT2D eigenvalue weighted by Gasteiger charge is -2.32. The van der Waals surface area contributed by atoms with E-state index in [1.54, 1.807) is 0 Å². The van der Waals surface area contributed by atoms with Crippen LogP contribution in [0.15, 0.2) is 12.1 Å². The molecule has 0 aromatic heterocycles. The third-order valence-corrected chi connectivity index (χ3v) is 4.04. The fraction of sp³-hybridized carbons (Fsp3) is 0.571. The summed E-state index contributed by atoms with van der Waals surface area (Å²) >= 11 is 0. The fourth-order valence-electron chi connectivity index (χ4n) is 2.12. The van der Waals surface area contributed by atoms with Crippen molar-refractivity contribution in [3.63, 3.8) is 0 Å². The second kappa shape index (κ2) is 4.79. The van der Waals surface area contributed by atoms with E-state index in [1.807, 2.05) is 27.7 Å². The number of halogens is 2. The molecule has 0 spiro atoms. The number of benzene rings is 1. The number of hydrogen-bond acceptors (Lipinski definition) is 3. The van der Waals surface area contributed by atoms with Gasteiger partial charge in [-0.25, -0.2) is 8.78 Å². The molecule has 0 saturated carbocycles. The Hall–Kier alpha value is -0.975. The summed E-state index contributed by atoms with van der Waals surface area (Å²) in [5.74, 6) is -1.60. The van der Waals surface area contributed by atoms with Gasteiger partial charge in [0.2, 0.25) is 0 Å². The molecule has 2 rings (SSSR count). The molecule has 0 bridgehead atoms. The molecule has 1 saturated heterocycles. The van der Waals surface area contributed by atoms with Gasteiger partial charge < -0.3 is 14.4 Å². The third kappa shape index (κ3) is 2.48. The molecule has 1 unspecified atom stereocenters. The van der Waals surface area contributed by atoms with E-state index >= 15 is 0 Å². The Morgan fingerprint density at radius 3 is 1.80 bits per heavy atom. The minimum atomic E-state index is -1.21. The minimum Gasteiger partial charge on any atom is -0.399 e. The summed E-state index contributed by atoms with van der Waals surface area (Å²) in [5, 5.41) is 9.37. The first kappa shape index (κ1) is 15.4. The Labute approximate surface area is 118 Å². The zero-order valence-electron chi connectivity index (χ0n) is 12.3. The Morgan fingerprint density at radius 1 is 1.05 bits per heavy atom. The molecule has 0 radical (unpaired) electrons. The van der Waals surface area contributed by atoms with E-state index in [2.05, 4.69) is 0 Å². The molecule has 0 amide bonds. The molecular formula is C14H19BF2O3. The van der Waals surface area contributed by atoms with Crippen molar-refractivity contribution in [1.29, 1.82) is 0 Å². The van der Waals surface area contributed by atoms with Gasteiger partial charge in [0.1, 0.15) is 11.6 Å². The van der Waals surface area contributed by atoms with Crippen LogP contribution in [0.2, 0.25) is 0 Å². The summed E-state index contributed by atoms with van der Waals surface area (Å²) in [6.07, 6.45) is -1.21. The molecular weight excluding hydrogens is 265 g/mol. The number of aliphatic hydroxyl groups excluding tert-OH is 1. The Morgan fingerprint density at radius 2 is 1.45 bits per heavy atom. The normalized spacial score (nSPS) is 22.1. The van der Waals surface area contributed by atoms with Crippen molar-refractivity contribution in [2.45, 2.75) is 51.9 Å². The van der Waals surface area contributed by atoms with Crippen molar-refractivity contribution in [3.8, 4) is 0 Å². The lowest BCUT2D eigenvalue weighted by molar-refractivity contribution is 0.00578. The Balaban J connectivity index is 2.37. The van der Waals surface area contributed by atoms with Crippen LogP contribution in [0, 0.1) is 11.6 Å². The van der Waals surface area contributed by atoms with Gasteiger partial charge in [0, 0.05) is 0 Å². The van der Waals surface area contributed by atoms with Crippen molar-refractivity contribution in [2.75, 3.05) is 0 Å². The lowest BCUT2D eigenvalue weighted by Crippen LogP contribution is -2.41. The van der Waals surface area contributed by atoms with Gasteiger partial charge in [-0.2, -0.15) is 0 Å². The van der Waals surface area contributed by atoms with E-state index in [0.717, 1.165) is 12.1 Å². The quantitative estimate of drug-likeness (QED) is 0.847. The lowest BCUT2D eigenvalue weighted by atomic mass is 9.78. The van der Waals surface area contributed by atoms with Gasteiger partial charge >= 0.3 is 7.12 Å². The first-order valence-corrected chi connectivity index (χ1v) is 6.58. The zero-order chi connectivity index (χ0) is 15.3. The van der Waals surface area contributed by atoms with Gasteiger partial charge in [-0.1, -0.05) is 0 Å². The predicted octanol–water partition coefficient (Wildman–Crippen LogP) is 2.32. The van der Waals surface area contributed by atoms with Gasteiger partial charge in [-0.3, -0.25) is 0 Å². The predicted molar refractivity (Wildman–Crippen MR) is 72.7 cm³/mol. The zero-order valence-corrected chi connectivity index (χ0v) is 12.3. The maximum Gasteiger partial charge on any atom is 0.495 e. The van der Waals surface area contributed by atoms with Crippen LogP contribution in [-0.4, -0.2) is 23.4 Å². The van der Waals surface area contributed by atoms with E-state index in [1.165, 1.54) is 6.92 Å². The Kier molecular flexibility index (Phi) is 3.69. The van der Waals surface area contributed by atoms with Crippen molar-refractivity contribution >= 4 is 12.6 Å². The van der Waals surface area contributed by atoms with Crippen molar-refractivity contribution in [3.05, 3.63) is 29.3 Å². The average molecular weight is 284 g/mol. The Bertz CT molecular complexity index is 490. The average Bonchev–Trinajstić information content (AvgIpc) is 2.46. The van der Waals surface area contributed by atoms with Crippen molar-refractivity contribution < 1.29 is 23.2 Å². The van der Waals surface area contributed by atoms with Crippen LogP contribution in [0.25, 0.3) is 0 Å². The number of hydrogen-bond donors (Lipinski definition) is 1. The van der Waals surface area contributed by atoms with Crippen LogP contribution >= 0.6 is 0 Å². The van der Waals surface area contributed by atoms with E-state index in [4.69, 9.17) is 9.31 Å². The molecule has 1 atom stereocenters. The summed E-state index contributed by atoms with van der Waals surface area (Å²) in [7, 11) is -0.827. The monoisotopic (exact) mass is 284 g/mol. The molecule has 1 aromatic carbocycles. The maximum absolute atomic E-state index is 13.9. The van der Waals surface area contributed by atoms with E-state index in [9.17, 15) is 13.9 Å². The standard InChI is InChI=1S/C14H19BF2O3/c1-8(18)12-10(16)6-9(7-11(12)17)15-19-13(2,3)14(4,5)20-15/h6-8,18H,1-5H3. The molecule has 6 heteroatoms. The number of aliphatic hydroxyl groups is 1. The molecule has 1 aliphatic rings. The third-order valence-electron chi connectivity index (χ3n) is 4.04. The van der Waals surface area contributed by atoms with Gasteiger partial charge in [0.05, 0.1) is 22.9 Å². The first-order chi connectivity index (χ1) is 9.05. The van der Waals surface area contributed by atoms with E-state index < -0.39 is 36.1 Å². The molecule has 1 heterocycles. The summed E-state index contributed by atoms with van der Waals surface area (Å²) < 4.78 is 39.3. The highest BCUT2D eigenvalue weighted by atomic mass is 19.1. The maximum atomic E-state index is 13.9. The largest absolute Gasteiger partial charge is 0.495 e. The van der Waals surface area contributed by atoms with Crippen LogP contribution in [-0.2, 0) is 9.31 Å². The topological polar surface area (TPSA) is 38.7 Å². The highest BCUT2D eigenvalue weighted by Crippen LogP contribution is 2.36. The first-order valence-electron chi connectivity index (χ1n) is 6.58. The molecule has 1 aliphatic heterocycles. The highest BCUT2D eigenvalue weighted by molar-refractivity contribution is 6.62. The molecule has 0 aliphatic carbocycles. The van der Waals surface area contributed by atoms with Crippen LogP contribution in [0.5, 0.6) is 0 Å². The second-order valence-corrected chi connectivity index (χ2v) is 6.16. The van der Waals surface area contributed by atoms with Crippen LogP contribution < -0.4 is 5.46 Å². The molecule has 1 aromatic rings. The van der Waals surface area contributed by atoms with Crippen molar-refractivity contribution in [1.82, 2.24) is 0 Å². The highest BCUT2D eigenvalue weighted by Gasteiger charge is 2.52. The molecule has 110 valence electrons. The van der Waals surface area contributed by atoms with Gasteiger partial charge in [0.15, 0.2) is 0 Å². The van der Waals surface area contributed by atoms with Crippen LogP contribution in [0.3, 0.4) is 0 Å². The summed E-state index contributed by atoms with van der Waals surface area (Å²) in [5.41, 5.74) is -1.23. The molecule has 3 nitrogen and oxygen atoms in total. The van der Waals surface area contributed by atoms with Crippen LogP contribution in [0.1, 0.15) is 46.3 Å². The molecule has 1 fully saturated rings. The van der Waals surface area contributed by atoms with Gasteiger partial charge in [-0.15, -0.1) is 0 Å². The molecule has 1 N–H and O–H groups in total. The minimum absolute atomic E-state index is 0.267. The summed E-state index contributed by atoms with van der Waals surface area (Å²) in [4.78, 5) is 0. The van der Waals surface area contributed by atoms with Gasteiger partial charge in [-0.05, 0) is 52.2 Å². The van der Waals surface area contributed by atoms with E-state index in [-0.39, 0.29) is 11.0 Å². The number of rotatable bonds is 2. The second-order valence-electron chi connectivity index (χ2n) is 6.16. The fourth-order valence-corrected chi connectivity index (χ4v) is 2.12.